The van der Waals surface area contributed by atoms with Gasteiger partial charge in [-0.15, -0.1) is 0 Å². The van der Waals surface area contributed by atoms with Gasteiger partial charge < -0.3 is 29.9 Å². The lowest BCUT2D eigenvalue weighted by atomic mass is 9.38. The zero-order valence-corrected chi connectivity index (χ0v) is 16.0. The summed E-state index contributed by atoms with van der Waals surface area (Å²) in [6, 6.07) is 0. The topological polar surface area (TPSA) is 134 Å². The zero-order chi connectivity index (χ0) is 20.4. The minimum atomic E-state index is -1.54. The highest BCUT2D eigenvalue weighted by atomic mass is 16.6. The first-order valence-corrected chi connectivity index (χ1v) is 9.78. The number of aliphatic hydroxyl groups excluding tert-OH is 4. The number of hydrogen-bond acceptors (Lipinski definition) is 8. The molecule has 11 atom stereocenters. The van der Waals surface area contributed by atoms with Crippen LogP contribution >= 0.6 is 0 Å². The van der Waals surface area contributed by atoms with Crippen molar-refractivity contribution in [2.75, 3.05) is 6.61 Å². The maximum absolute atomic E-state index is 12.5. The second-order valence-corrected chi connectivity index (χ2v) is 9.78. The molecule has 2 saturated carbocycles. The summed E-state index contributed by atoms with van der Waals surface area (Å²) in [4.78, 5) is 24.9. The molecule has 28 heavy (non-hydrogen) atoms. The predicted molar refractivity (Wildman–Crippen MR) is 92.7 cm³/mol. The molecular formula is C20H26O8. The summed E-state index contributed by atoms with van der Waals surface area (Å²) in [7, 11) is 0. The SMILES string of the molecule is CC1=CC(=O)C[C@@]2(C)[C@H]1[C@@H](O)[C@H]1OC(=O)[C@H](O)[C@@H]3[C@]4(C)OC[C@]13[C@@H]2[C@@H](O)[C@@H]4O. The molecule has 5 aliphatic rings. The summed E-state index contributed by atoms with van der Waals surface area (Å²) in [6.45, 7) is 5.17. The fourth-order valence-corrected chi connectivity index (χ4v) is 7.80. The normalized spacial score (nSPS) is 59.9. The van der Waals surface area contributed by atoms with Crippen LogP contribution in [-0.2, 0) is 19.1 Å². The predicted octanol–water partition coefficient (Wildman–Crippen LogP) is -1.07. The third-order valence-corrected chi connectivity index (χ3v) is 8.50. The van der Waals surface area contributed by atoms with Gasteiger partial charge in [-0.2, -0.15) is 0 Å². The maximum Gasteiger partial charge on any atom is 0.335 e. The van der Waals surface area contributed by atoms with Crippen molar-refractivity contribution in [3.05, 3.63) is 11.6 Å². The number of esters is 1. The minimum Gasteiger partial charge on any atom is -0.457 e. The van der Waals surface area contributed by atoms with Crippen LogP contribution < -0.4 is 0 Å². The lowest BCUT2D eigenvalue weighted by Crippen LogP contribution is -2.79. The van der Waals surface area contributed by atoms with Gasteiger partial charge in [0.2, 0.25) is 0 Å². The number of rotatable bonds is 0. The Balaban J connectivity index is 1.80. The molecule has 0 aromatic carbocycles. The molecule has 154 valence electrons. The van der Waals surface area contributed by atoms with Gasteiger partial charge in [0.15, 0.2) is 11.9 Å². The van der Waals surface area contributed by atoms with Gasteiger partial charge in [0, 0.05) is 29.6 Å². The van der Waals surface area contributed by atoms with Crippen molar-refractivity contribution in [3.8, 4) is 0 Å². The van der Waals surface area contributed by atoms with Crippen molar-refractivity contribution in [3.63, 3.8) is 0 Å². The molecule has 4 N–H and O–H groups in total. The van der Waals surface area contributed by atoms with E-state index < -0.39 is 70.7 Å². The third-order valence-electron chi connectivity index (χ3n) is 8.50. The quantitative estimate of drug-likeness (QED) is 0.382. The number of carbonyl (C=O) groups excluding carboxylic acids is 2. The van der Waals surface area contributed by atoms with Crippen LogP contribution in [-0.4, -0.2) is 74.9 Å². The minimum absolute atomic E-state index is 0.0122. The molecule has 8 heteroatoms. The number of carbonyl (C=O) groups is 2. The van der Waals surface area contributed by atoms with E-state index in [1.54, 1.807) is 13.8 Å². The van der Waals surface area contributed by atoms with Crippen LogP contribution in [0.25, 0.3) is 0 Å². The average Bonchev–Trinajstić information content (AvgIpc) is 2.86. The molecule has 0 aromatic heterocycles. The standard InChI is InChI=1S/C20H26O8/c1-7-4-8(21)5-18(2)9(7)10(22)16-20-6-27-19(3,15(25)11(23)13(18)20)14(20)12(24)17(26)28-16/h4,9-16,22-25H,5-6H2,1-3H3/t9-,10-,11-,12-,13-,14-,15+,16-,18+,19+,20-/m1/s1. The lowest BCUT2D eigenvalue weighted by Gasteiger charge is -2.68. The molecular weight excluding hydrogens is 368 g/mol. The van der Waals surface area contributed by atoms with Crippen molar-refractivity contribution in [2.45, 2.75) is 63.3 Å². The van der Waals surface area contributed by atoms with Gasteiger partial charge >= 0.3 is 5.97 Å². The van der Waals surface area contributed by atoms with Crippen molar-refractivity contribution in [1.82, 2.24) is 0 Å². The van der Waals surface area contributed by atoms with Crippen LogP contribution in [0.5, 0.6) is 0 Å². The van der Waals surface area contributed by atoms with Gasteiger partial charge in [0.05, 0.1) is 18.8 Å². The van der Waals surface area contributed by atoms with Crippen molar-refractivity contribution in [2.24, 2.45) is 28.6 Å². The zero-order valence-electron chi connectivity index (χ0n) is 16.0. The first-order valence-electron chi connectivity index (χ1n) is 9.78. The first kappa shape index (κ1) is 18.7. The van der Waals surface area contributed by atoms with E-state index in [1.165, 1.54) is 6.08 Å². The second-order valence-electron chi connectivity index (χ2n) is 9.78. The molecule has 8 nitrogen and oxygen atoms in total. The van der Waals surface area contributed by atoms with Crippen LogP contribution in [0.4, 0.5) is 0 Å². The highest BCUT2D eigenvalue weighted by molar-refractivity contribution is 5.92. The molecule has 3 aliphatic carbocycles. The van der Waals surface area contributed by atoms with E-state index in [9.17, 15) is 30.0 Å². The maximum atomic E-state index is 12.5. The Labute approximate surface area is 162 Å². The molecule has 0 amide bonds. The van der Waals surface area contributed by atoms with Crippen LogP contribution in [0, 0.1) is 28.6 Å². The summed E-state index contributed by atoms with van der Waals surface area (Å²) in [5.74, 6) is -3.06. The van der Waals surface area contributed by atoms with Crippen LogP contribution in [0.3, 0.4) is 0 Å². The number of ketones is 1. The fourth-order valence-electron chi connectivity index (χ4n) is 7.80. The van der Waals surface area contributed by atoms with Crippen LogP contribution in [0.1, 0.15) is 27.2 Å². The van der Waals surface area contributed by atoms with E-state index in [2.05, 4.69) is 0 Å². The summed E-state index contributed by atoms with van der Waals surface area (Å²) < 4.78 is 11.5. The summed E-state index contributed by atoms with van der Waals surface area (Å²) in [5, 5.41) is 44.3. The van der Waals surface area contributed by atoms with Gasteiger partial charge in [-0.1, -0.05) is 12.5 Å². The molecule has 2 saturated heterocycles. The monoisotopic (exact) mass is 394 g/mol. The Morgan fingerprint density at radius 2 is 1.75 bits per heavy atom. The summed E-state index contributed by atoms with van der Waals surface area (Å²) in [5.41, 5.74) is -2.68. The van der Waals surface area contributed by atoms with Crippen molar-refractivity contribution in [1.29, 1.82) is 0 Å². The molecule has 2 aliphatic heterocycles. The largest absolute Gasteiger partial charge is 0.457 e. The molecule has 5 rings (SSSR count). The Morgan fingerprint density at radius 1 is 1.07 bits per heavy atom. The number of fused-ring (bicyclic) bond motifs is 2. The van der Waals surface area contributed by atoms with E-state index in [-0.39, 0.29) is 18.8 Å². The lowest BCUT2D eigenvalue weighted by molar-refractivity contribution is -0.307. The van der Waals surface area contributed by atoms with Gasteiger partial charge in [0.25, 0.3) is 0 Å². The van der Waals surface area contributed by atoms with E-state index in [0.717, 1.165) is 0 Å². The molecule has 0 radical (unpaired) electrons. The van der Waals surface area contributed by atoms with Crippen LogP contribution in [0.2, 0.25) is 0 Å². The van der Waals surface area contributed by atoms with Gasteiger partial charge in [-0.3, -0.25) is 4.79 Å². The molecule has 1 spiro atoms. The third kappa shape index (κ3) is 1.76. The number of allylic oxidation sites excluding steroid dienone is 1. The van der Waals surface area contributed by atoms with E-state index in [0.29, 0.717) is 5.57 Å². The first-order chi connectivity index (χ1) is 13.0. The van der Waals surface area contributed by atoms with Crippen LogP contribution in [0.15, 0.2) is 11.6 Å². The smallest absolute Gasteiger partial charge is 0.335 e. The van der Waals surface area contributed by atoms with E-state index in [1.807, 2.05) is 6.92 Å². The molecule has 2 bridgehead atoms. The molecule has 2 heterocycles. The molecule has 4 fully saturated rings. The van der Waals surface area contributed by atoms with Gasteiger partial charge in [-0.25, -0.2) is 4.79 Å². The van der Waals surface area contributed by atoms with Gasteiger partial charge in [-0.05, 0) is 25.3 Å². The Morgan fingerprint density at radius 3 is 2.43 bits per heavy atom. The molecule has 0 unspecified atom stereocenters. The second kappa shape index (κ2) is 5.23. The summed E-state index contributed by atoms with van der Waals surface area (Å²) >= 11 is 0. The highest BCUT2D eigenvalue weighted by Gasteiger charge is 2.82. The average molecular weight is 394 g/mol. The van der Waals surface area contributed by atoms with E-state index >= 15 is 0 Å². The number of ether oxygens (including phenoxy) is 2. The Bertz CT molecular complexity index is 808. The van der Waals surface area contributed by atoms with Crippen molar-refractivity contribution < 1.29 is 39.5 Å². The number of aliphatic hydroxyl groups is 4. The van der Waals surface area contributed by atoms with Gasteiger partial charge in [0.1, 0.15) is 17.8 Å². The van der Waals surface area contributed by atoms with E-state index in [4.69, 9.17) is 9.47 Å². The molecule has 0 aromatic rings. The number of hydrogen-bond donors (Lipinski definition) is 4. The van der Waals surface area contributed by atoms with Crippen molar-refractivity contribution >= 4 is 11.8 Å². The summed E-state index contributed by atoms with van der Waals surface area (Å²) in [6.07, 6.45) is -4.69. The highest BCUT2D eigenvalue weighted by Crippen LogP contribution is 2.72. The fraction of sp³-hybridized carbons (Fsp3) is 0.800. The Hall–Kier alpha value is -1.32. The Kier molecular flexibility index (Phi) is 3.49.